The third-order valence-electron chi connectivity index (χ3n) is 2.86. The number of imide groups is 1. The lowest BCUT2D eigenvalue weighted by molar-refractivity contribution is 0.0777. The smallest absolute Gasteiger partial charge is 0.268 e. The number of benzene rings is 2. The number of fused-ring (bicyclic) bond motifs is 1. The summed E-state index contributed by atoms with van der Waals surface area (Å²) >= 11 is 13.1. The van der Waals surface area contributed by atoms with Gasteiger partial charge in [0.25, 0.3) is 11.8 Å². The van der Waals surface area contributed by atoms with Crippen LogP contribution in [0.5, 0.6) is 0 Å². The Labute approximate surface area is 129 Å². The van der Waals surface area contributed by atoms with Gasteiger partial charge in [-0.3, -0.25) is 9.59 Å². The number of carbonyl (C=O) groups is 2. The monoisotopic (exact) mass is 323 g/mol. The van der Waals surface area contributed by atoms with Gasteiger partial charge in [0, 0.05) is 11.9 Å². The molecule has 2 amide bonds. The van der Waals surface area contributed by atoms with E-state index in [-0.39, 0.29) is 11.8 Å². The topological polar surface area (TPSA) is 37.4 Å². The molecule has 0 radical (unpaired) electrons. The van der Waals surface area contributed by atoms with Crippen molar-refractivity contribution in [2.75, 3.05) is 0 Å². The summed E-state index contributed by atoms with van der Waals surface area (Å²) in [5.41, 5.74) is 0.793. The lowest BCUT2D eigenvalue weighted by atomic mass is 10.1. The summed E-state index contributed by atoms with van der Waals surface area (Å²) in [4.78, 5) is 25.0. The minimum atomic E-state index is -0.355. The summed E-state index contributed by atoms with van der Waals surface area (Å²) in [6.45, 7) is 0. The highest BCUT2D eigenvalue weighted by Gasteiger charge is 2.36. The fraction of sp³-hybridized carbons (Fsp3) is 0. The third-order valence-corrected chi connectivity index (χ3v) is 4.85. The van der Waals surface area contributed by atoms with E-state index < -0.39 is 0 Å². The van der Waals surface area contributed by atoms with E-state index in [9.17, 15) is 9.59 Å². The number of carbonyl (C=O) groups excluding carboxylic acids is 2. The van der Waals surface area contributed by atoms with E-state index >= 15 is 0 Å². The van der Waals surface area contributed by atoms with Crippen molar-refractivity contribution in [3.63, 3.8) is 0 Å². The molecule has 0 saturated carbocycles. The minimum Gasteiger partial charge on any atom is -0.268 e. The van der Waals surface area contributed by atoms with Gasteiger partial charge in [-0.15, -0.1) is 0 Å². The van der Waals surface area contributed by atoms with Gasteiger partial charge in [0.05, 0.1) is 26.1 Å². The van der Waals surface area contributed by atoms with Crippen LogP contribution in [-0.2, 0) is 0 Å². The minimum absolute atomic E-state index is 0.355. The van der Waals surface area contributed by atoms with Crippen LogP contribution in [0.1, 0.15) is 20.7 Å². The molecule has 0 atom stereocenters. The third kappa shape index (κ3) is 2.10. The van der Waals surface area contributed by atoms with Crippen molar-refractivity contribution >= 4 is 47.0 Å². The summed E-state index contributed by atoms with van der Waals surface area (Å²) in [6, 6.07) is 11.7. The van der Waals surface area contributed by atoms with Gasteiger partial charge in [0.2, 0.25) is 0 Å². The van der Waals surface area contributed by atoms with Crippen LogP contribution in [0.25, 0.3) is 0 Å². The highest BCUT2D eigenvalue weighted by atomic mass is 35.5. The van der Waals surface area contributed by atoms with E-state index in [2.05, 4.69) is 0 Å². The highest BCUT2D eigenvalue weighted by molar-refractivity contribution is 7.98. The summed E-state index contributed by atoms with van der Waals surface area (Å²) < 4.78 is 1.08. The van der Waals surface area contributed by atoms with Crippen LogP contribution < -0.4 is 0 Å². The molecule has 1 aliphatic heterocycles. The van der Waals surface area contributed by atoms with Crippen LogP contribution in [0.4, 0.5) is 0 Å². The van der Waals surface area contributed by atoms with E-state index in [0.717, 1.165) is 16.3 Å². The van der Waals surface area contributed by atoms with Crippen molar-refractivity contribution in [2.45, 2.75) is 4.90 Å². The molecule has 0 aromatic heterocycles. The number of hydrogen-bond donors (Lipinski definition) is 0. The van der Waals surface area contributed by atoms with Crippen LogP contribution in [-0.4, -0.2) is 16.1 Å². The zero-order valence-electron chi connectivity index (χ0n) is 9.97. The molecule has 3 rings (SSSR count). The van der Waals surface area contributed by atoms with Crippen molar-refractivity contribution in [1.82, 2.24) is 4.31 Å². The van der Waals surface area contributed by atoms with Crippen LogP contribution in [0.2, 0.25) is 10.0 Å². The van der Waals surface area contributed by atoms with Gasteiger partial charge in [0.15, 0.2) is 0 Å². The molecule has 0 aliphatic carbocycles. The van der Waals surface area contributed by atoms with E-state index in [1.807, 2.05) is 0 Å². The largest absolute Gasteiger partial charge is 0.272 e. The zero-order valence-corrected chi connectivity index (χ0v) is 12.3. The summed E-state index contributed by atoms with van der Waals surface area (Å²) in [6.07, 6.45) is 0. The first-order chi connectivity index (χ1) is 9.59. The van der Waals surface area contributed by atoms with E-state index in [4.69, 9.17) is 23.2 Å². The average molecular weight is 324 g/mol. The number of hydrogen-bond acceptors (Lipinski definition) is 3. The molecule has 0 saturated heterocycles. The average Bonchev–Trinajstić information content (AvgIpc) is 2.68. The van der Waals surface area contributed by atoms with E-state index in [1.165, 1.54) is 0 Å². The van der Waals surface area contributed by atoms with Gasteiger partial charge in [0.1, 0.15) is 0 Å². The quantitative estimate of drug-likeness (QED) is 0.611. The Bertz CT molecular complexity index is 678. The van der Waals surface area contributed by atoms with Gasteiger partial charge in [-0.2, -0.15) is 0 Å². The standard InChI is InChI=1S/C14H7Cl2NO2S/c15-10-6-3-7-11(16)12(10)20-17-13(18)8-4-1-2-5-9(8)14(17)19/h1-7H. The summed E-state index contributed by atoms with van der Waals surface area (Å²) in [5.74, 6) is -0.710. The summed E-state index contributed by atoms with van der Waals surface area (Å²) in [7, 11) is 0. The normalized spacial score (nSPS) is 13.8. The van der Waals surface area contributed by atoms with E-state index in [0.29, 0.717) is 26.1 Å². The molecule has 20 heavy (non-hydrogen) atoms. The second-order valence-electron chi connectivity index (χ2n) is 4.09. The van der Waals surface area contributed by atoms with Crippen LogP contribution in [0.15, 0.2) is 47.4 Å². The van der Waals surface area contributed by atoms with Gasteiger partial charge < -0.3 is 0 Å². The molecule has 3 nitrogen and oxygen atoms in total. The fourth-order valence-corrected chi connectivity index (χ4v) is 3.37. The maximum absolute atomic E-state index is 12.2. The Morgan fingerprint density at radius 2 is 1.30 bits per heavy atom. The van der Waals surface area contributed by atoms with Gasteiger partial charge in [-0.05, 0) is 24.3 Å². The molecule has 0 spiro atoms. The van der Waals surface area contributed by atoms with Crippen molar-refractivity contribution in [1.29, 1.82) is 0 Å². The first kappa shape index (κ1) is 13.5. The highest BCUT2D eigenvalue weighted by Crippen LogP contribution is 2.39. The summed E-state index contributed by atoms with van der Waals surface area (Å²) in [5, 5.41) is 0.804. The Morgan fingerprint density at radius 3 is 1.80 bits per heavy atom. The second-order valence-corrected chi connectivity index (χ2v) is 5.86. The Balaban J connectivity index is 1.98. The molecule has 1 aliphatic rings. The predicted molar refractivity (Wildman–Crippen MR) is 79.3 cm³/mol. The molecule has 0 fully saturated rings. The molecule has 0 bridgehead atoms. The first-order valence-corrected chi connectivity index (χ1v) is 7.22. The maximum Gasteiger partial charge on any atom is 0.272 e. The second kappa shape index (κ2) is 5.13. The SMILES string of the molecule is O=C1c2ccccc2C(=O)N1Sc1c(Cl)cccc1Cl. The van der Waals surface area contributed by atoms with Crippen LogP contribution in [0.3, 0.4) is 0 Å². The molecule has 1 heterocycles. The van der Waals surface area contributed by atoms with E-state index in [1.54, 1.807) is 42.5 Å². The van der Waals surface area contributed by atoms with Gasteiger partial charge in [-0.25, -0.2) is 4.31 Å². The van der Waals surface area contributed by atoms with Crippen molar-refractivity contribution < 1.29 is 9.59 Å². The Kier molecular flexibility index (Phi) is 3.46. The number of rotatable bonds is 2. The molecule has 2 aromatic carbocycles. The maximum atomic E-state index is 12.2. The molecule has 0 unspecified atom stereocenters. The van der Waals surface area contributed by atoms with Gasteiger partial charge >= 0.3 is 0 Å². The first-order valence-electron chi connectivity index (χ1n) is 5.69. The van der Waals surface area contributed by atoms with Gasteiger partial charge in [-0.1, -0.05) is 41.4 Å². The number of nitrogens with zero attached hydrogens (tertiary/aromatic N) is 1. The fourth-order valence-electron chi connectivity index (χ4n) is 1.91. The lowest BCUT2D eigenvalue weighted by Gasteiger charge is -2.14. The molecule has 100 valence electrons. The molecular formula is C14H7Cl2NO2S. The predicted octanol–water partition coefficient (Wildman–Crippen LogP) is 4.30. The Hall–Kier alpha value is -1.49. The van der Waals surface area contributed by atoms with Crippen molar-refractivity contribution in [2.24, 2.45) is 0 Å². The lowest BCUT2D eigenvalue weighted by Crippen LogP contribution is -2.22. The van der Waals surface area contributed by atoms with Crippen molar-refractivity contribution in [3.8, 4) is 0 Å². The molecule has 0 N–H and O–H groups in total. The van der Waals surface area contributed by atoms with Crippen LogP contribution >= 0.6 is 35.1 Å². The number of amides is 2. The van der Waals surface area contributed by atoms with Crippen molar-refractivity contribution in [3.05, 3.63) is 63.6 Å². The Morgan fingerprint density at radius 1 is 0.800 bits per heavy atom. The molecule has 6 heteroatoms. The zero-order chi connectivity index (χ0) is 14.3. The molecular weight excluding hydrogens is 317 g/mol. The number of halogens is 2. The molecule has 2 aromatic rings. The van der Waals surface area contributed by atoms with Crippen LogP contribution in [0, 0.1) is 0 Å².